The average molecular weight is 321 g/mol. The summed E-state index contributed by atoms with van der Waals surface area (Å²) in [6.45, 7) is 3.98. The van der Waals surface area contributed by atoms with Crippen molar-refractivity contribution in [2.45, 2.75) is 26.7 Å². The number of amides is 1. The SMILES string of the molecule is CCCC(=O)Nc1cccc(-c2nnc(-c3ccccc3C)o2)c1. The Bertz CT molecular complexity index is 855. The fourth-order valence-electron chi connectivity index (χ4n) is 2.44. The molecule has 24 heavy (non-hydrogen) atoms. The highest BCUT2D eigenvalue weighted by atomic mass is 16.4. The van der Waals surface area contributed by atoms with Gasteiger partial charge >= 0.3 is 0 Å². The van der Waals surface area contributed by atoms with Crippen LogP contribution in [0.15, 0.2) is 52.9 Å². The van der Waals surface area contributed by atoms with E-state index in [9.17, 15) is 4.79 Å². The summed E-state index contributed by atoms with van der Waals surface area (Å²) >= 11 is 0. The molecule has 122 valence electrons. The van der Waals surface area contributed by atoms with Crippen LogP contribution in [-0.2, 0) is 4.79 Å². The van der Waals surface area contributed by atoms with Crippen LogP contribution in [-0.4, -0.2) is 16.1 Å². The van der Waals surface area contributed by atoms with Gasteiger partial charge in [0.1, 0.15) is 0 Å². The van der Waals surface area contributed by atoms with E-state index < -0.39 is 0 Å². The molecule has 3 rings (SSSR count). The third kappa shape index (κ3) is 3.51. The molecule has 0 aliphatic heterocycles. The fourth-order valence-corrected chi connectivity index (χ4v) is 2.44. The number of hydrogen-bond donors (Lipinski definition) is 1. The zero-order chi connectivity index (χ0) is 16.9. The van der Waals surface area contributed by atoms with Gasteiger partial charge in [-0.2, -0.15) is 0 Å². The first-order valence-electron chi connectivity index (χ1n) is 7.97. The number of nitrogens with one attached hydrogen (secondary N) is 1. The van der Waals surface area contributed by atoms with Gasteiger partial charge in [0, 0.05) is 23.2 Å². The molecule has 2 aromatic carbocycles. The first kappa shape index (κ1) is 15.9. The average Bonchev–Trinajstić information content (AvgIpc) is 3.05. The number of aromatic nitrogens is 2. The second kappa shape index (κ2) is 7.08. The van der Waals surface area contributed by atoms with Crippen LogP contribution >= 0.6 is 0 Å². The van der Waals surface area contributed by atoms with Gasteiger partial charge in [-0.25, -0.2) is 0 Å². The maximum absolute atomic E-state index is 11.7. The van der Waals surface area contributed by atoms with Gasteiger partial charge < -0.3 is 9.73 Å². The van der Waals surface area contributed by atoms with Crippen molar-refractivity contribution in [3.8, 4) is 22.9 Å². The summed E-state index contributed by atoms with van der Waals surface area (Å²) in [5.41, 5.74) is 3.50. The topological polar surface area (TPSA) is 68.0 Å². The molecule has 1 N–H and O–H groups in total. The van der Waals surface area contributed by atoms with Crippen LogP contribution in [0.3, 0.4) is 0 Å². The van der Waals surface area contributed by atoms with Crippen LogP contribution in [0.25, 0.3) is 22.9 Å². The molecule has 0 saturated heterocycles. The van der Waals surface area contributed by atoms with Crippen molar-refractivity contribution in [1.82, 2.24) is 10.2 Å². The van der Waals surface area contributed by atoms with Crippen LogP contribution in [0.4, 0.5) is 5.69 Å². The zero-order valence-corrected chi connectivity index (χ0v) is 13.7. The summed E-state index contributed by atoms with van der Waals surface area (Å²) in [5.74, 6) is 0.921. The smallest absolute Gasteiger partial charge is 0.248 e. The van der Waals surface area contributed by atoms with Crippen LogP contribution in [0, 0.1) is 6.92 Å². The highest BCUT2D eigenvalue weighted by Crippen LogP contribution is 2.27. The third-order valence-corrected chi connectivity index (χ3v) is 3.67. The van der Waals surface area contributed by atoms with E-state index in [2.05, 4.69) is 15.5 Å². The Balaban J connectivity index is 1.85. The lowest BCUT2D eigenvalue weighted by Crippen LogP contribution is -2.10. The maximum atomic E-state index is 11.7. The van der Waals surface area contributed by atoms with Crippen LogP contribution in [0.1, 0.15) is 25.3 Å². The summed E-state index contributed by atoms with van der Waals surface area (Å²) in [6, 6.07) is 15.3. The van der Waals surface area contributed by atoms with E-state index in [1.54, 1.807) is 0 Å². The summed E-state index contributed by atoms with van der Waals surface area (Å²) in [6.07, 6.45) is 1.32. The van der Waals surface area contributed by atoms with Crippen molar-refractivity contribution in [3.63, 3.8) is 0 Å². The molecule has 1 heterocycles. The minimum Gasteiger partial charge on any atom is -0.416 e. The van der Waals surface area contributed by atoms with Gasteiger partial charge in [0.05, 0.1) is 0 Å². The minimum absolute atomic E-state index is 0.000721. The monoisotopic (exact) mass is 321 g/mol. The van der Waals surface area contributed by atoms with Gasteiger partial charge in [-0.05, 0) is 43.2 Å². The standard InChI is InChI=1S/C19H19N3O2/c1-3-7-17(23)20-15-10-6-9-14(12-15)18-21-22-19(24-18)16-11-5-4-8-13(16)2/h4-6,8-12H,3,7H2,1-2H3,(H,20,23). The molecular weight excluding hydrogens is 302 g/mol. The summed E-state index contributed by atoms with van der Waals surface area (Å²) in [7, 11) is 0. The first-order chi connectivity index (χ1) is 11.7. The number of anilines is 1. The van der Waals surface area contributed by atoms with E-state index in [1.165, 1.54) is 0 Å². The predicted molar refractivity (Wildman–Crippen MR) is 93.4 cm³/mol. The van der Waals surface area contributed by atoms with Crippen molar-refractivity contribution >= 4 is 11.6 Å². The second-order valence-electron chi connectivity index (χ2n) is 5.61. The highest BCUT2D eigenvalue weighted by Gasteiger charge is 2.12. The number of hydrogen-bond acceptors (Lipinski definition) is 4. The lowest BCUT2D eigenvalue weighted by atomic mass is 10.1. The quantitative estimate of drug-likeness (QED) is 0.754. The highest BCUT2D eigenvalue weighted by molar-refractivity contribution is 5.91. The van der Waals surface area contributed by atoms with E-state index in [0.717, 1.165) is 28.8 Å². The van der Waals surface area contributed by atoms with Crippen LogP contribution in [0.5, 0.6) is 0 Å². The first-order valence-corrected chi connectivity index (χ1v) is 7.97. The Morgan fingerprint density at radius 2 is 1.88 bits per heavy atom. The molecule has 0 unspecified atom stereocenters. The largest absolute Gasteiger partial charge is 0.416 e. The molecule has 0 spiro atoms. The van der Waals surface area contributed by atoms with Gasteiger partial charge in [-0.3, -0.25) is 4.79 Å². The molecule has 1 aromatic heterocycles. The second-order valence-corrected chi connectivity index (χ2v) is 5.61. The Hall–Kier alpha value is -2.95. The molecule has 3 aromatic rings. The van der Waals surface area contributed by atoms with Gasteiger partial charge in [0.25, 0.3) is 0 Å². The molecule has 0 radical (unpaired) electrons. The Morgan fingerprint density at radius 1 is 1.08 bits per heavy atom. The number of aryl methyl sites for hydroxylation is 1. The van der Waals surface area contributed by atoms with Crippen LogP contribution < -0.4 is 5.32 Å². The van der Waals surface area contributed by atoms with E-state index >= 15 is 0 Å². The summed E-state index contributed by atoms with van der Waals surface area (Å²) < 4.78 is 5.81. The minimum atomic E-state index is 0.000721. The lowest BCUT2D eigenvalue weighted by Gasteiger charge is -2.05. The molecule has 0 saturated carbocycles. The normalized spacial score (nSPS) is 10.6. The Labute approximate surface area is 140 Å². The number of nitrogens with zero attached hydrogens (tertiary/aromatic N) is 2. The fraction of sp³-hybridized carbons (Fsp3) is 0.211. The maximum Gasteiger partial charge on any atom is 0.248 e. The third-order valence-electron chi connectivity index (χ3n) is 3.67. The Morgan fingerprint density at radius 3 is 2.67 bits per heavy atom. The van der Waals surface area contributed by atoms with E-state index in [-0.39, 0.29) is 5.91 Å². The van der Waals surface area contributed by atoms with Crippen molar-refractivity contribution < 1.29 is 9.21 Å². The van der Waals surface area contributed by atoms with Gasteiger partial charge in [-0.1, -0.05) is 31.2 Å². The van der Waals surface area contributed by atoms with Gasteiger partial charge in [0.15, 0.2) is 0 Å². The summed E-state index contributed by atoms with van der Waals surface area (Å²) in [4.78, 5) is 11.7. The number of carbonyl (C=O) groups is 1. The zero-order valence-electron chi connectivity index (χ0n) is 13.7. The molecule has 0 bridgehead atoms. The molecule has 0 atom stereocenters. The van der Waals surface area contributed by atoms with Crippen molar-refractivity contribution in [2.75, 3.05) is 5.32 Å². The van der Waals surface area contributed by atoms with Crippen molar-refractivity contribution in [1.29, 1.82) is 0 Å². The number of rotatable bonds is 5. The molecule has 5 heteroatoms. The van der Waals surface area contributed by atoms with Crippen LogP contribution in [0.2, 0.25) is 0 Å². The van der Waals surface area contributed by atoms with Gasteiger partial charge in [-0.15, -0.1) is 10.2 Å². The summed E-state index contributed by atoms with van der Waals surface area (Å²) in [5, 5.41) is 11.1. The van der Waals surface area contributed by atoms with Crippen molar-refractivity contribution in [2.24, 2.45) is 0 Å². The molecule has 0 aliphatic carbocycles. The van der Waals surface area contributed by atoms with E-state index in [0.29, 0.717) is 18.2 Å². The lowest BCUT2D eigenvalue weighted by molar-refractivity contribution is -0.116. The predicted octanol–water partition coefficient (Wildman–Crippen LogP) is 4.45. The van der Waals surface area contributed by atoms with Gasteiger partial charge in [0.2, 0.25) is 17.7 Å². The van der Waals surface area contributed by atoms with E-state index in [1.807, 2.05) is 62.4 Å². The number of carbonyl (C=O) groups excluding carboxylic acids is 1. The molecule has 1 amide bonds. The Kier molecular flexibility index (Phi) is 4.70. The molecular formula is C19H19N3O2. The van der Waals surface area contributed by atoms with Crippen molar-refractivity contribution in [3.05, 3.63) is 54.1 Å². The van der Waals surface area contributed by atoms with E-state index in [4.69, 9.17) is 4.42 Å². The molecule has 0 fully saturated rings. The molecule has 5 nitrogen and oxygen atoms in total. The number of benzene rings is 2. The molecule has 0 aliphatic rings.